The van der Waals surface area contributed by atoms with Crippen LogP contribution in [0.3, 0.4) is 0 Å². The predicted octanol–water partition coefficient (Wildman–Crippen LogP) is 3.91. The van der Waals surface area contributed by atoms with Gasteiger partial charge in [0.25, 0.3) is 5.92 Å². The maximum absolute atomic E-state index is 14.0. The van der Waals surface area contributed by atoms with Crippen LogP contribution in [0.4, 0.5) is 14.5 Å². The van der Waals surface area contributed by atoms with Gasteiger partial charge in [-0.2, -0.15) is 0 Å². The summed E-state index contributed by atoms with van der Waals surface area (Å²) in [5.74, 6) is -3.59. The first-order valence-electron chi connectivity index (χ1n) is 6.22. The number of fused-ring (bicyclic) bond motifs is 1. The number of nitrogens with two attached hydrogens (primary N) is 1. The first-order chi connectivity index (χ1) is 8.84. The minimum Gasteiger partial charge on any atom is -0.385 e. The van der Waals surface area contributed by atoms with Gasteiger partial charge in [0.2, 0.25) is 0 Å². The highest BCUT2D eigenvalue weighted by molar-refractivity contribution is 5.65. The SMILES string of the molecule is C/C=C\C1=C(N)Nc2ccc(C)cc2C1C(C)(F)F. The molecule has 4 heteroatoms. The minimum atomic E-state index is -2.87. The quantitative estimate of drug-likeness (QED) is 0.850. The van der Waals surface area contributed by atoms with E-state index < -0.39 is 11.8 Å². The smallest absolute Gasteiger partial charge is 0.256 e. The van der Waals surface area contributed by atoms with Crippen LogP contribution in [-0.4, -0.2) is 5.92 Å². The fourth-order valence-corrected chi connectivity index (χ4v) is 2.49. The summed E-state index contributed by atoms with van der Waals surface area (Å²) in [4.78, 5) is 0. The van der Waals surface area contributed by atoms with E-state index in [0.717, 1.165) is 12.5 Å². The molecule has 2 nitrogen and oxygen atoms in total. The lowest BCUT2D eigenvalue weighted by Crippen LogP contribution is -2.31. The van der Waals surface area contributed by atoms with Crippen LogP contribution in [0.2, 0.25) is 0 Å². The average Bonchev–Trinajstić information content (AvgIpc) is 2.29. The van der Waals surface area contributed by atoms with Crippen LogP contribution in [0.15, 0.2) is 41.7 Å². The number of hydrogen-bond donors (Lipinski definition) is 2. The molecule has 19 heavy (non-hydrogen) atoms. The number of halogens is 2. The number of alkyl halides is 2. The zero-order valence-corrected chi connectivity index (χ0v) is 11.3. The van der Waals surface area contributed by atoms with Gasteiger partial charge in [-0.15, -0.1) is 0 Å². The van der Waals surface area contributed by atoms with Gasteiger partial charge in [0.15, 0.2) is 0 Å². The molecule has 0 amide bonds. The summed E-state index contributed by atoms with van der Waals surface area (Å²) >= 11 is 0. The molecule has 0 saturated heterocycles. The van der Waals surface area contributed by atoms with Crippen LogP contribution < -0.4 is 11.1 Å². The van der Waals surface area contributed by atoms with Crippen molar-refractivity contribution in [2.75, 3.05) is 5.32 Å². The lowest BCUT2D eigenvalue weighted by molar-refractivity contribution is 0.00383. The van der Waals surface area contributed by atoms with Crippen molar-refractivity contribution in [1.29, 1.82) is 0 Å². The summed E-state index contributed by atoms with van der Waals surface area (Å²) in [6.07, 6.45) is 3.37. The van der Waals surface area contributed by atoms with E-state index >= 15 is 0 Å². The molecule has 0 saturated carbocycles. The molecular weight excluding hydrogens is 246 g/mol. The molecule has 0 radical (unpaired) electrons. The maximum atomic E-state index is 14.0. The average molecular weight is 264 g/mol. The molecule has 0 aliphatic carbocycles. The van der Waals surface area contributed by atoms with Gasteiger partial charge in [-0.25, -0.2) is 8.78 Å². The van der Waals surface area contributed by atoms with E-state index in [-0.39, 0.29) is 0 Å². The van der Waals surface area contributed by atoms with Crippen LogP contribution in [-0.2, 0) is 0 Å². The van der Waals surface area contributed by atoms with Gasteiger partial charge in [0.05, 0.1) is 5.92 Å². The molecule has 1 aromatic carbocycles. The first-order valence-corrected chi connectivity index (χ1v) is 6.22. The Kier molecular flexibility index (Phi) is 3.35. The Bertz CT molecular complexity index is 554. The van der Waals surface area contributed by atoms with Crippen LogP contribution in [0.25, 0.3) is 0 Å². The van der Waals surface area contributed by atoms with E-state index in [1.807, 2.05) is 13.0 Å². The monoisotopic (exact) mass is 264 g/mol. The van der Waals surface area contributed by atoms with Gasteiger partial charge < -0.3 is 11.1 Å². The van der Waals surface area contributed by atoms with Crippen LogP contribution >= 0.6 is 0 Å². The minimum absolute atomic E-state index is 0.293. The molecule has 1 aliphatic heterocycles. The summed E-state index contributed by atoms with van der Waals surface area (Å²) in [7, 11) is 0. The molecule has 1 heterocycles. The third-order valence-electron chi connectivity index (χ3n) is 3.26. The molecule has 2 rings (SSSR count). The first kappa shape index (κ1) is 13.6. The van der Waals surface area contributed by atoms with Crippen LogP contribution in [0.1, 0.15) is 30.9 Å². The summed E-state index contributed by atoms with van der Waals surface area (Å²) in [6, 6.07) is 5.47. The third kappa shape index (κ3) is 2.48. The van der Waals surface area contributed by atoms with Crippen molar-refractivity contribution >= 4 is 5.69 Å². The summed E-state index contributed by atoms with van der Waals surface area (Å²) in [6.45, 7) is 4.62. The normalized spacial score (nSPS) is 19.5. The number of benzene rings is 1. The lowest BCUT2D eigenvalue weighted by Gasteiger charge is -2.33. The molecule has 1 unspecified atom stereocenters. The van der Waals surface area contributed by atoms with Crippen molar-refractivity contribution in [3.05, 3.63) is 52.9 Å². The maximum Gasteiger partial charge on any atom is 0.256 e. The third-order valence-corrected chi connectivity index (χ3v) is 3.26. The lowest BCUT2D eigenvalue weighted by atomic mass is 9.82. The molecule has 102 valence electrons. The van der Waals surface area contributed by atoms with Crippen molar-refractivity contribution < 1.29 is 8.78 Å². The fourth-order valence-electron chi connectivity index (χ4n) is 2.49. The predicted molar refractivity (Wildman–Crippen MR) is 74.2 cm³/mol. The molecule has 0 bridgehead atoms. The van der Waals surface area contributed by atoms with Crippen molar-refractivity contribution in [3.63, 3.8) is 0 Å². The Morgan fingerprint density at radius 2 is 2.05 bits per heavy atom. The standard InChI is InChI=1S/C15H18F2N2/c1-4-5-10-13(15(3,16)17)11-8-9(2)6-7-12(11)19-14(10)18/h4-8,13,19H,18H2,1-3H3/b5-4-. The van der Waals surface area contributed by atoms with E-state index in [0.29, 0.717) is 22.6 Å². The van der Waals surface area contributed by atoms with Crippen molar-refractivity contribution in [3.8, 4) is 0 Å². The van der Waals surface area contributed by atoms with E-state index in [9.17, 15) is 8.78 Å². The Balaban J connectivity index is 2.65. The summed E-state index contributed by atoms with van der Waals surface area (Å²) in [5, 5.41) is 3.00. The van der Waals surface area contributed by atoms with E-state index in [2.05, 4.69) is 5.32 Å². The van der Waals surface area contributed by atoms with E-state index in [1.165, 1.54) is 0 Å². The number of hydrogen-bond acceptors (Lipinski definition) is 2. The van der Waals surface area contributed by atoms with Crippen molar-refractivity contribution in [1.82, 2.24) is 0 Å². The van der Waals surface area contributed by atoms with E-state index in [1.54, 1.807) is 31.2 Å². The summed E-state index contributed by atoms with van der Waals surface area (Å²) in [5.41, 5.74) is 8.53. The molecule has 0 aromatic heterocycles. The number of allylic oxidation sites excluding steroid dienone is 3. The van der Waals surface area contributed by atoms with Gasteiger partial charge >= 0.3 is 0 Å². The van der Waals surface area contributed by atoms with Crippen molar-refractivity contribution in [2.24, 2.45) is 5.73 Å². The Hall–Kier alpha value is -1.84. The number of nitrogens with one attached hydrogen (secondary N) is 1. The molecule has 1 atom stereocenters. The molecule has 0 spiro atoms. The zero-order valence-electron chi connectivity index (χ0n) is 11.3. The highest BCUT2D eigenvalue weighted by Crippen LogP contribution is 2.45. The fraction of sp³-hybridized carbons (Fsp3) is 0.333. The molecule has 0 fully saturated rings. The number of aryl methyl sites for hydroxylation is 1. The van der Waals surface area contributed by atoms with Crippen LogP contribution in [0, 0.1) is 6.92 Å². The van der Waals surface area contributed by atoms with Gasteiger partial charge in [-0.1, -0.05) is 29.8 Å². The Labute approximate surface area is 112 Å². The second-order valence-electron chi connectivity index (χ2n) is 4.97. The Morgan fingerprint density at radius 3 is 2.63 bits per heavy atom. The highest BCUT2D eigenvalue weighted by Gasteiger charge is 2.41. The second-order valence-corrected chi connectivity index (χ2v) is 4.97. The number of anilines is 1. The molecule has 1 aromatic rings. The van der Waals surface area contributed by atoms with Crippen molar-refractivity contribution in [2.45, 2.75) is 32.6 Å². The van der Waals surface area contributed by atoms with Gasteiger partial charge in [-0.3, -0.25) is 0 Å². The zero-order chi connectivity index (χ0) is 14.2. The molecular formula is C15H18F2N2. The van der Waals surface area contributed by atoms with Gasteiger partial charge in [-0.05, 0) is 25.5 Å². The van der Waals surface area contributed by atoms with E-state index in [4.69, 9.17) is 5.73 Å². The topological polar surface area (TPSA) is 38.0 Å². The van der Waals surface area contributed by atoms with Gasteiger partial charge in [0.1, 0.15) is 5.82 Å². The molecule has 1 aliphatic rings. The van der Waals surface area contributed by atoms with Crippen LogP contribution in [0.5, 0.6) is 0 Å². The summed E-state index contributed by atoms with van der Waals surface area (Å²) < 4.78 is 28.0. The Morgan fingerprint density at radius 1 is 1.37 bits per heavy atom. The highest BCUT2D eigenvalue weighted by atomic mass is 19.3. The van der Waals surface area contributed by atoms with Gasteiger partial charge in [0, 0.05) is 18.2 Å². The molecule has 3 N–H and O–H groups in total. The number of rotatable bonds is 2. The largest absolute Gasteiger partial charge is 0.385 e. The second kappa shape index (κ2) is 4.68.